The number of imidazole rings is 1. The molecule has 1 aliphatic heterocycles. The molecule has 2 fully saturated rings. The lowest BCUT2D eigenvalue weighted by Gasteiger charge is -2.36. The molecule has 0 amide bonds. The van der Waals surface area contributed by atoms with Crippen molar-refractivity contribution in [3.05, 3.63) is 83.1 Å². The topological polar surface area (TPSA) is 98.6 Å². The molecule has 1 aliphatic carbocycles. The zero-order valence-electron chi connectivity index (χ0n) is 20.6. The van der Waals surface area contributed by atoms with Crippen LogP contribution < -0.4 is 5.73 Å². The fourth-order valence-electron chi connectivity index (χ4n) is 5.80. The Kier molecular flexibility index (Phi) is 6.01. The monoisotopic (exact) mass is 505 g/mol. The van der Waals surface area contributed by atoms with Gasteiger partial charge in [-0.05, 0) is 78.1 Å². The molecule has 7 nitrogen and oxygen atoms in total. The zero-order valence-corrected chi connectivity index (χ0v) is 20.6. The van der Waals surface area contributed by atoms with Gasteiger partial charge in [-0.2, -0.15) is 5.10 Å². The van der Waals surface area contributed by atoms with Crippen molar-refractivity contribution in [3.8, 4) is 11.3 Å². The molecule has 3 N–H and O–H groups in total. The normalized spacial score (nSPS) is 23.2. The lowest BCUT2D eigenvalue weighted by molar-refractivity contribution is -0.184. The summed E-state index contributed by atoms with van der Waals surface area (Å²) in [4.78, 5) is 8.91. The molecule has 1 saturated heterocycles. The average molecular weight is 506 g/mol. The van der Waals surface area contributed by atoms with Crippen LogP contribution in [0.1, 0.15) is 54.6 Å². The predicted molar refractivity (Wildman–Crippen MR) is 134 cm³/mol. The van der Waals surface area contributed by atoms with Crippen LogP contribution in [0.5, 0.6) is 0 Å². The Balaban J connectivity index is 1.35. The van der Waals surface area contributed by atoms with Gasteiger partial charge in [0.2, 0.25) is 0 Å². The van der Waals surface area contributed by atoms with Crippen LogP contribution in [0.25, 0.3) is 16.8 Å². The summed E-state index contributed by atoms with van der Waals surface area (Å²) >= 11 is 0. The Morgan fingerprint density at radius 3 is 2.59 bits per heavy atom. The molecule has 0 unspecified atom stereocenters. The summed E-state index contributed by atoms with van der Waals surface area (Å²) in [6, 6.07) is 7.86. The molecule has 37 heavy (non-hydrogen) atoms. The van der Waals surface area contributed by atoms with Crippen molar-refractivity contribution in [3.63, 3.8) is 0 Å². The van der Waals surface area contributed by atoms with E-state index in [-0.39, 0.29) is 36.1 Å². The number of nitrogens with two attached hydrogens (primary N) is 1. The summed E-state index contributed by atoms with van der Waals surface area (Å²) in [6.45, 7) is 2.26. The molecular weight excluding hydrogens is 476 g/mol. The minimum absolute atomic E-state index is 0.00979. The van der Waals surface area contributed by atoms with E-state index in [1.54, 1.807) is 22.8 Å². The van der Waals surface area contributed by atoms with Crippen LogP contribution in [0.15, 0.2) is 48.9 Å². The van der Waals surface area contributed by atoms with Crippen molar-refractivity contribution < 1.29 is 18.6 Å². The van der Waals surface area contributed by atoms with E-state index in [0.717, 1.165) is 42.5 Å². The highest BCUT2D eigenvalue weighted by atomic mass is 19.1. The van der Waals surface area contributed by atoms with Crippen LogP contribution in [0.4, 0.5) is 8.78 Å². The molecule has 4 heterocycles. The zero-order chi connectivity index (χ0) is 25.7. The summed E-state index contributed by atoms with van der Waals surface area (Å²) in [7, 11) is 0. The van der Waals surface area contributed by atoms with Crippen molar-refractivity contribution in [1.29, 1.82) is 0 Å². The average Bonchev–Trinajstić information content (AvgIpc) is 3.24. The number of aliphatic hydroxyl groups is 1. The van der Waals surface area contributed by atoms with E-state index in [2.05, 4.69) is 28.1 Å². The Labute approximate surface area is 213 Å². The molecule has 9 heteroatoms. The van der Waals surface area contributed by atoms with Gasteiger partial charge >= 0.3 is 0 Å². The number of fused-ring (bicyclic) bond motifs is 1. The first-order valence-electron chi connectivity index (χ1n) is 12.6. The van der Waals surface area contributed by atoms with E-state index in [9.17, 15) is 5.11 Å². The Hall–Kier alpha value is -3.27. The second-order valence-corrected chi connectivity index (χ2v) is 10.6. The molecule has 3 atom stereocenters. The highest BCUT2D eigenvalue weighted by Crippen LogP contribution is 2.37. The Morgan fingerprint density at radius 2 is 1.89 bits per heavy atom. The highest BCUT2D eigenvalue weighted by molar-refractivity contribution is 5.63. The van der Waals surface area contributed by atoms with Crippen molar-refractivity contribution in [1.82, 2.24) is 19.6 Å². The van der Waals surface area contributed by atoms with Crippen LogP contribution in [0.3, 0.4) is 0 Å². The summed E-state index contributed by atoms with van der Waals surface area (Å²) in [6.07, 6.45) is 8.89. The predicted octanol–water partition coefficient (Wildman–Crippen LogP) is 4.11. The molecule has 0 bridgehead atoms. The van der Waals surface area contributed by atoms with Crippen LogP contribution in [-0.2, 0) is 16.8 Å². The largest absolute Gasteiger partial charge is 0.380 e. The SMILES string of the molecule is C[C@@H]1C[C@H](N)C[C@H](c2ccncc2Cc2ncc3ccc(-c4c(F)cc(C5(O)COC5)cc4F)nn23)C1. The van der Waals surface area contributed by atoms with Gasteiger partial charge in [0.15, 0.2) is 0 Å². The maximum Gasteiger partial charge on any atom is 0.136 e. The smallest absolute Gasteiger partial charge is 0.136 e. The van der Waals surface area contributed by atoms with Crippen molar-refractivity contribution >= 4 is 5.52 Å². The van der Waals surface area contributed by atoms with Crippen molar-refractivity contribution in [2.75, 3.05) is 13.2 Å². The van der Waals surface area contributed by atoms with Gasteiger partial charge in [0, 0.05) is 24.9 Å². The van der Waals surface area contributed by atoms with Crippen molar-refractivity contribution in [2.45, 2.75) is 50.2 Å². The van der Waals surface area contributed by atoms with Gasteiger partial charge in [0.25, 0.3) is 0 Å². The van der Waals surface area contributed by atoms with Gasteiger partial charge in [-0.3, -0.25) is 4.98 Å². The standard InChI is InChI=1S/C28H29F2N5O2/c1-16-6-17(8-20(31)7-16)22-4-5-32-12-18(22)9-26-33-13-21-2-3-25(34-35(21)26)27-23(29)10-19(11-24(27)30)28(36)14-37-15-28/h2-5,10-13,16-17,20,36H,6-9,14-15,31H2,1H3/t16-,17+,20-/m0/s1. The van der Waals surface area contributed by atoms with Gasteiger partial charge in [0.05, 0.1) is 36.2 Å². The molecule has 1 aromatic carbocycles. The molecule has 6 rings (SSSR count). The van der Waals surface area contributed by atoms with Crippen LogP contribution in [0, 0.1) is 17.6 Å². The molecule has 2 aliphatic rings. The number of hydrogen-bond donors (Lipinski definition) is 2. The maximum absolute atomic E-state index is 15.1. The minimum atomic E-state index is -1.36. The first-order valence-corrected chi connectivity index (χ1v) is 12.6. The third-order valence-corrected chi connectivity index (χ3v) is 7.68. The number of halogens is 2. The molecular formula is C28H29F2N5O2. The lowest BCUT2D eigenvalue weighted by atomic mass is 9.75. The summed E-state index contributed by atoms with van der Waals surface area (Å²) in [5.74, 6) is -0.0241. The number of hydrogen-bond acceptors (Lipinski definition) is 6. The summed E-state index contributed by atoms with van der Waals surface area (Å²) < 4.78 is 36.9. The second-order valence-electron chi connectivity index (χ2n) is 10.6. The van der Waals surface area contributed by atoms with Gasteiger partial charge < -0.3 is 15.6 Å². The Morgan fingerprint density at radius 1 is 1.11 bits per heavy atom. The fraction of sp³-hybridized carbons (Fsp3) is 0.393. The third kappa shape index (κ3) is 4.41. The number of aromatic nitrogens is 4. The number of nitrogens with zero attached hydrogens (tertiary/aromatic N) is 4. The first kappa shape index (κ1) is 24.1. The molecule has 0 spiro atoms. The summed E-state index contributed by atoms with van der Waals surface area (Å²) in [5, 5.41) is 15.0. The van der Waals surface area contributed by atoms with Crippen LogP contribution >= 0.6 is 0 Å². The van der Waals surface area contributed by atoms with E-state index >= 15 is 8.78 Å². The quantitative estimate of drug-likeness (QED) is 0.424. The molecule has 4 aromatic rings. The molecule has 3 aromatic heterocycles. The van der Waals surface area contributed by atoms with Crippen LogP contribution in [-0.4, -0.2) is 43.9 Å². The molecule has 0 radical (unpaired) electrons. The van der Waals surface area contributed by atoms with Crippen LogP contribution in [0.2, 0.25) is 0 Å². The first-order chi connectivity index (χ1) is 17.8. The third-order valence-electron chi connectivity index (χ3n) is 7.68. The lowest BCUT2D eigenvalue weighted by Crippen LogP contribution is -2.46. The fourth-order valence-corrected chi connectivity index (χ4v) is 5.80. The van der Waals surface area contributed by atoms with Gasteiger partial charge in [-0.1, -0.05) is 6.92 Å². The summed E-state index contributed by atoms with van der Waals surface area (Å²) in [5.41, 5.74) is 8.00. The van der Waals surface area contributed by atoms with Gasteiger partial charge in [0.1, 0.15) is 23.1 Å². The van der Waals surface area contributed by atoms with Gasteiger partial charge in [-0.15, -0.1) is 0 Å². The maximum atomic E-state index is 15.1. The van der Waals surface area contributed by atoms with Crippen molar-refractivity contribution in [2.24, 2.45) is 11.7 Å². The second kappa shape index (κ2) is 9.24. The number of benzene rings is 1. The number of pyridine rings is 1. The van der Waals surface area contributed by atoms with E-state index < -0.39 is 17.2 Å². The minimum Gasteiger partial charge on any atom is -0.380 e. The highest BCUT2D eigenvalue weighted by Gasteiger charge is 2.39. The van der Waals surface area contributed by atoms with Gasteiger partial charge in [-0.25, -0.2) is 18.3 Å². The molecule has 1 saturated carbocycles. The number of rotatable bonds is 5. The van der Waals surface area contributed by atoms with E-state index in [0.29, 0.717) is 24.1 Å². The van der Waals surface area contributed by atoms with E-state index in [1.165, 1.54) is 5.56 Å². The molecule has 192 valence electrons. The number of ether oxygens (including phenoxy) is 1. The Bertz CT molecular complexity index is 1440. The van der Waals surface area contributed by atoms with E-state index in [1.807, 2.05) is 12.4 Å². The van der Waals surface area contributed by atoms with E-state index in [4.69, 9.17) is 10.5 Å².